The lowest BCUT2D eigenvalue weighted by Crippen LogP contribution is -2.31. The average molecular weight is 270 g/mol. The summed E-state index contributed by atoms with van der Waals surface area (Å²) < 4.78 is 0. The summed E-state index contributed by atoms with van der Waals surface area (Å²) in [4.78, 5) is 0. The number of nitrogens with one attached hydrogen (secondary N) is 2. The normalized spacial score (nSPS) is 11.7. The quantitative estimate of drug-likeness (QED) is 0.823. The molecule has 2 N–H and O–H groups in total. The summed E-state index contributed by atoms with van der Waals surface area (Å²) in [5, 5.41) is 7.17. The van der Waals surface area contributed by atoms with E-state index in [9.17, 15) is 0 Å². The van der Waals surface area contributed by atoms with Gasteiger partial charge in [-0.1, -0.05) is 48.5 Å². The molecule has 98 valence electrons. The van der Waals surface area contributed by atoms with E-state index in [1.165, 1.54) is 11.1 Å². The molecule has 0 saturated heterocycles. The zero-order valence-corrected chi connectivity index (χ0v) is 12.0. The minimum Gasteiger partial charge on any atom is -0.356 e. The second kappa shape index (κ2) is 6.34. The number of aryl methyl sites for hydroxylation is 1. The van der Waals surface area contributed by atoms with Crippen LogP contribution in [-0.2, 0) is 0 Å². The molecule has 0 aliphatic carbocycles. The van der Waals surface area contributed by atoms with Gasteiger partial charge in [0.15, 0.2) is 5.11 Å². The first-order valence-electron chi connectivity index (χ1n) is 6.35. The predicted molar refractivity (Wildman–Crippen MR) is 85.4 cm³/mol. The Morgan fingerprint density at radius 3 is 2.32 bits per heavy atom. The molecule has 0 fully saturated rings. The number of hydrogen-bond donors (Lipinski definition) is 2. The van der Waals surface area contributed by atoms with Crippen LogP contribution in [0.3, 0.4) is 0 Å². The standard InChI is InChI=1S/C16H18N2S/c1-12-8-6-7-11-15(12)18-16(19)17-13(2)14-9-4-3-5-10-14/h3-11,13H,1-2H3,(H2,17,18,19)/t13-/m0/s1. The molecule has 0 radical (unpaired) electrons. The third kappa shape index (κ3) is 3.80. The highest BCUT2D eigenvalue weighted by Crippen LogP contribution is 2.15. The SMILES string of the molecule is Cc1ccccc1NC(=S)N[C@@H](C)c1ccccc1. The van der Waals surface area contributed by atoms with E-state index in [0.717, 1.165) is 5.69 Å². The van der Waals surface area contributed by atoms with E-state index in [1.807, 2.05) is 36.4 Å². The van der Waals surface area contributed by atoms with Crippen molar-refractivity contribution in [3.63, 3.8) is 0 Å². The van der Waals surface area contributed by atoms with Gasteiger partial charge in [-0.25, -0.2) is 0 Å². The number of thiocarbonyl (C=S) groups is 1. The van der Waals surface area contributed by atoms with E-state index in [4.69, 9.17) is 12.2 Å². The summed E-state index contributed by atoms with van der Waals surface area (Å²) in [5.74, 6) is 0. The van der Waals surface area contributed by atoms with E-state index in [0.29, 0.717) is 5.11 Å². The van der Waals surface area contributed by atoms with Gasteiger partial charge in [-0.05, 0) is 43.3 Å². The van der Waals surface area contributed by atoms with Gasteiger partial charge in [0.1, 0.15) is 0 Å². The molecule has 0 spiro atoms. The predicted octanol–water partition coefficient (Wildman–Crippen LogP) is 4.04. The van der Waals surface area contributed by atoms with Crippen LogP contribution in [0, 0.1) is 6.92 Å². The maximum atomic E-state index is 5.35. The molecule has 0 aliphatic rings. The molecule has 0 amide bonds. The zero-order chi connectivity index (χ0) is 13.7. The van der Waals surface area contributed by atoms with Crippen LogP contribution < -0.4 is 10.6 Å². The molecule has 19 heavy (non-hydrogen) atoms. The van der Waals surface area contributed by atoms with Crippen LogP contribution >= 0.6 is 12.2 Å². The number of benzene rings is 2. The van der Waals surface area contributed by atoms with Crippen LogP contribution in [0.1, 0.15) is 24.1 Å². The van der Waals surface area contributed by atoms with Gasteiger partial charge in [0.2, 0.25) is 0 Å². The summed E-state index contributed by atoms with van der Waals surface area (Å²) in [7, 11) is 0. The molecular formula is C16H18N2S. The number of hydrogen-bond acceptors (Lipinski definition) is 1. The van der Waals surface area contributed by atoms with Gasteiger partial charge in [-0.2, -0.15) is 0 Å². The Labute approximate surface area is 119 Å². The smallest absolute Gasteiger partial charge is 0.171 e. The van der Waals surface area contributed by atoms with Gasteiger partial charge >= 0.3 is 0 Å². The fourth-order valence-electron chi connectivity index (χ4n) is 1.89. The van der Waals surface area contributed by atoms with Crippen molar-refractivity contribution >= 4 is 23.0 Å². The zero-order valence-electron chi connectivity index (χ0n) is 11.2. The van der Waals surface area contributed by atoms with Crippen LogP contribution in [-0.4, -0.2) is 5.11 Å². The Hall–Kier alpha value is -1.87. The molecule has 2 aromatic rings. The molecule has 3 heteroatoms. The lowest BCUT2D eigenvalue weighted by molar-refractivity contribution is 0.722. The highest BCUT2D eigenvalue weighted by atomic mass is 32.1. The molecule has 1 atom stereocenters. The van der Waals surface area contributed by atoms with Gasteiger partial charge in [-0.3, -0.25) is 0 Å². The Kier molecular flexibility index (Phi) is 4.53. The number of para-hydroxylation sites is 1. The summed E-state index contributed by atoms with van der Waals surface area (Å²) in [6.45, 7) is 4.16. The summed E-state index contributed by atoms with van der Waals surface area (Å²) in [5.41, 5.74) is 3.44. The molecule has 0 unspecified atom stereocenters. The molecule has 0 saturated carbocycles. The maximum absolute atomic E-state index is 5.35. The molecule has 0 aliphatic heterocycles. The molecule has 0 heterocycles. The van der Waals surface area contributed by atoms with Crippen molar-refractivity contribution in [2.24, 2.45) is 0 Å². The van der Waals surface area contributed by atoms with Crippen molar-refractivity contribution in [1.29, 1.82) is 0 Å². The van der Waals surface area contributed by atoms with Gasteiger partial charge in [0.05, 0.1) is 6.04 Å². The Morgan fingerprint density at radius 2 is 1.63 bits per heavy atom. The van der Waals surface area contributed by atoms with Crippen molar-refractivity contribution in [1.82, 2.24) is 5.32 Å². The van der Waals surface area contributed by atoms with Gasteiger partial charge in [0, 0.05) is 5.69 Å². The van der Waals surface area contributed by atoms with Crippen molar-refractivity contribution in [3.8, 4) is 0 Å². The lowest BCUT2D eigenvalue weighted by Gasteiger charge is -2.18. The van der Waals surface area contributed by atoms with E-state index in [2.05, 4.69) is 42.7 Å². The molecular weight excluding hydrogens is 252 g/mol. The van der Waals surface area contributed by atoms with Gasteiger partial charge in [0.25, 0.3) is 0 Å². The third-order valence-corrected chi connectivity index (χ3v) is 3.26. The molecule has 2 rings (SSSR count). The van der Waals surface area contributed by atoms with Gasteiger partial charge < -0.3 is 10.6 Å². The Bertz CT molecular complexity index is 552. The van der Waals surface area contributed by atoms with Crippen molar-refractivity contribution in [2.45, 2.75) is 19.9 Å². The Balaban J connectivity index is 1.97. The minimum atomic E-state index is 0.185. The van der Waals surface area contributed by atoms with Crippen molar-refractivity contribution in [2.75, 3.05) is 5.32 Å². The van der Waals surface area contributed by atoms with Crippen LogP contribution in [0.15, 0.2) is 54.6 Å². The fourth-order valence-corrected chi connectivity index (χ4v) is 2.18. The van der Waals surface area contributed by atoms with Crippen molar-refractivity contribution in [3.05, 3.63) is 65.7 Å². The van der Waals surface area contributed by atoms with Crippen LogP contribution in [0.5, 0.6) is 0 Å². The first-order valence-corrected chi connectivity index (χ1v) is 6.76. The first-order chi connectivity index (χ1) is 9.16. The van der Waals surface area contributed by atoms with Crippen LogP contribution in [0.25, 0.3) is 0 Å². The molecule has 2 nitrogen and oxygen atoms in total. The third-order valence-electron chi connectivity index (χ3n) is 3.04. The summed E-state index contributed by atoms with van der Waals surface area (Å²) in [6.07, 6.45) is 0. The highest BCUT2D eigenvalue weighted by molar-refractivity contribution is 7.80. The van der Waals surface area contributed by atoms with Crippen LogP contribution in [0.4, 0.5) is 5.69 Å². The Morgan fingerprint density at radius 1 is 1.00 bits per heavy atom. The van der Waals surface area contributed by atoms with E-state index in [1.54, 1.807) is 0 Å². The second-order valence-corrected chi connectivity index (χ2v) is 4.95. The van der Waals surface area contributed by atoms with E-state index < -0.39 is 0 Å². The topological polar surface area (TPSA) is 24.1 Å². The summed E-state index contributed by atoms with van der Waals surface area (Å²) in [6, 6.07) is 18.5. The molecule has 0 bridgehead atoms. The average Bonchev–Trinajstić information content (AvgIpc) is 2.42. The number of anilines is 1. The van der Waals surface area contributed by atoms with E-state index >= 15 is 0 Å². The minimum absolute atomic E-state index is 0.185. The summed E-state index contributed by atoms with van der Waals surface area (Å²) >= 11 is 5.35. The maximum Gasteiger partial charge on any atom is 0.171 e. The van der Waals surface area contributed by atoms with Gasteiger partial charge in [-0.15, -0.1) is 0 Å². The lowest BCUT2D eigenvalue weighted by atomic mass is 10.1. The van der Waals surface area contributed by atoms with E-state index in [-0.39, 0.29) is 6.04 Å². The first kappa shape index (κ1) is 13.6. The highest BCUT2D eigenvalue weighted by Gasteiger charge is 2.06. The second-order valence-electron chi connectivity index (χ2n) is 4.55. The fraction of sp³-hybridized carbons (Fsp3) is 0.188. The molecule has 2 aromatic carbocycles. The van der Waals surface area contributed by atoms with Crippen LogP contribution in [0.2, 0.25) is 0 Å². The molecule has 0 aromatic heterocycles. The monoisotopic (exact) mass is 270 g/mol. The van der Waals surface area contributed by atoms with Crippen molar-refractivity contribution < 1.29 is 0 Å². The number of rotatable bonds is 3. The largest absolute Gasteiger partial charge is 0.356 e.